The Balaban J connectivity index is 1.68. The number of ketones is 2. The van der Waals surface area contributed by atoms with E-state index in [9.17, 15) is 14.4 Å². The minimum absolute atomic E-state index is 0.0938. The lowest BCUT2D eigenvalue weighted by atomic mass is 10.0. The minimum atomic E-state index is -0.495. The summed E-state index contributed by atoms with van der Waals surface area (Å²) in [5.74, 6) is 0.452. The lowest BCUT2D eigenvalue weighted by Crippen LogP contribution is -2.24. The Morgan fingerprint density at radius 3 is 2.75 bits per heavy atom. The third kappa shape index (κ3) is 5.87. The molecule has 10 heteroatoms. The number of anilines is 2. The number of aliphatic hydroxyl groups is 1. The monoisotopic (exact) mass is 474 g/mol. The highest BCUT2D eigenvalue weighted by Crippen LogP contribution is 2.25. The summed E-state index contributed by atoms with van der Waals surface area (Å²) in [6.45, 7) is 3.45. The molecule has 0 aliphatic carbocycles. The van der Waals surface area contributed by atoms with Crippen LogP contribution in [0.4, 0.5) is 10.9 Å². The van der Waals surface area contributed by atoms with Gasteiger partial charge in [0.25, 0.3) is 5.56 Å². The second-order valence-corrected chi connectivity index (χ2v) is 8.71. The van der Waals surface area contributed by atoms with Gasteiger partial charge >= 0.3 is 0 Å². The van der Waals surface area contributed by atoms with Gasteiger partial charge in [-0.2, -0.15) is 0 Å². The number of aliphatic hydroxyl groups excluding tert-OH is 1. The Kier molecular flexibility index (Phi) is 7.89. The van der Waals surface area contributed by atoms with E-state index >= 15 is 0 Å². The van der Waals surface area contributed by atoms with Crippen molar-refractivity contribution in [2.24, 2.45) is 0 Å². The van der Waals surface area contributed by atoms with Crippen molar-refractivity contribution in [3.63, 3.8) is 0 Å². The number of nitrogens with one attached hydrogen (secondary N) is 1. The molecule has 0 bridgehead atoms. The van der Waals surface area contributed by atoms with Crippen LogP contribution in [0.25, 0.3) is 0 Å². The molecular formula is C22H23ClN4O4S. The first-order valence-corrected chi connectivity index (χ1v) is 11.2. The van der Waals surface area contributed by atoms with E-state index in [1.807, 2.05) is 19.1 Å². The molecule has 0 radical (unpaired) electrons. The van der Waals surface area contributed by atoms with Crippen LogP contribution in [-0.4, -0.2) is 37.8 Å². The number of carbonyl (C=O) groups excluding carboxylic acids is 2. The van der Waals surface area contributed by atoms with Crippen LogP contribution in [0.1, 0.15) is 39.5 Å². The predicted octanol–water partition coefficient (Wildman–Crippen LogP) is 3.48. The molecule has 0 saturated heterocycles. The topological polar surface area (TPSA) is 114 Å². The van der Waals surface area contributed by atoms with Crippen molar-refractivity contribution in [2.75, 3.05) is 11.9 Å². The van der Waals surface area contributed by atoms with E-state index in [4.69, 9.17) is 16.7 Å². The molecule has 3 aromatic rings. The molecule has 2 aromatic heterocycles. The third-order valence-corrected chi connectivity index (χ3v) is 6.23. The molecule has 1 aromatic carbocycles. The van der Waals surface area contributed by atoms with E-state index in [1.165, 1.54) is 28.2 Å². The number of carbonyl (C=O) groups is 2. The van der Waals surface area contributed by atoms with Crippen molar-refractivity contribution >= 4 is 45.5 Å². The highest BCUT2D eigenvalue weighted by atomic mass is 35.5. The molecule has 2 heterocycles. The van der Waals surface area contributed by atoms with Crippen molar-refractivity contribution in [1.82, 2.24) is 14.5 Å². The standard InChI is InChI=1S/C22H23ClN4O4S/c1-13-5-3-7-17(23)16(13)9-18(30)19-11-24-22(32-19)26-20-10-21(31)27(14(2)25-20)8-4-6-15(29)12-28/h3,5,7,10-11,28H,4,6,8-9,12H2,1-2H3,(H,24,26). The van der Waals surface area contributed by atoms with E-state index < -0.39 is 6.61 Å². The number of thiazole rings is 1. The molecule has 0 atom stereocenters. The predicted molar refractivity (Wildman–Crippen MR) is 124 cm³/mol. The van der Waals surface area contributed by atoms with E-state index in [0.29, 0.717) is 39.6 Å². The Morgan fingerprint density at radius 2 is 2.06 bits per heavy atom. The number of hydrogen-bond acceptors (Lipinski definition) is 8. The van der Waals surface area contributed by atoms with E-state index in [0.717, 1.165) is 11.1 Å². The molecule has 0 aliphatic heterocycles. The van der Waals surface area contributed by atoms with Crippen LogP contribution in [0.5, 0.6) is 0 Å². The number of Topliss-reactive ketones (excluding diaryl/α,β-unsaturated/α-hetero) is 2. The maximum Gasteiger partial charge on any atom is 0.255 e. The number of hydrogen-bond donors (Lipinski definition) is 2. The van der Waals surface area contributed by atoms with Crippen molar-refractivity contribution in [2.45, 2.75) is 39.7 Å². The third-order valence-electron chi connectivity index (χ3n) is 4.92. The SMILES string of the molecule is Cc1cccc(Cl)c1CC(=O)c1cnc(Nc2cc(=O)n(CCCC(=O)CO)c(C)n2)s1. The van der Waals surface area contributed by atoms with Crippen LogP contribution in [0, 0.1) is 13.8 Å². The summed E-state index contributed by atoms with van der Waals surface area (Å²) < 4.78 is 1.47. The Morgan fingerprint density at radius 1 is 1.28 bits per heavy atom. The van der Waals surface area contributed by atoms with E-state index in [1.54, 1.807) is 13.0 Å². The van der Waals surface area contributed by atoms with Crippen LogP contribution in [0.2, 0.25) is 5.02 Å². The van der Waals surface area contributed by atoms with Crippen LogP contribution in [-0.2, 0) is 17.8 Å². The second-order valence-electron chi connectivity index (χ2n) is 7.27. The number of halogens is 1. The lowest BCUT2D eigenvalue weighted by Gasteiger charge is -2.10. The van der Waals surface area contributed by atoms with Gasteiger partial charge in [-0.3, -0.25) is 19.0 Å². The highest BCUT2D eigenvalue weighted by molar-refractivity contribution is 7.17. The quantitative estimate of drug-likeness (QED) is 0.432. The van der Waals surface area contributed by atoms with Gasteiger partial charge in [-0.05, 0) is 37.5 Å². The van der Waals surface area contributed by atoms with Gasteiger partial charge in [0.05, 0.1) is 11.1 Å². The van der Waals surface area contributed by atoms with Crippen LogP contribution in [0.3, 0.4) is 0 Å². The summed E-state index contributed by atoms with van der Waals surface area (Å²) in [4.78, 5) is 45.4. The van der Waals surface area contributed by atoms with Gasteiger partial charge < -0.3 is 10.4 Å². The zero-order chi connectivity index (χ0) is 23.3. The second kappa shape index (κ2) is 10.6. The molecule has 0 aliphatic rings. The van der Waals surface area contributed by atoms with Crippen molar-refractivity contribution < 1.29 is 14.7 Å². The summed E-state index contributed by atoms with van der Waals surface area (Å²) in [6.07, 6.45) is 2.32. The van der Waals surface area contributed by atoms with E-state index in [-0.39, 0.29) is 30.0 Å². The molecule has 8 nitrogen and oxygen atoms in total. The van der Waals surface area contributed by atoms with Gasteiger partial charge in [-0.15, -0.1) is 0 Å². The largest absolute Gasteiger partial charge is 0.389 e. The fraction of sp³-hybridized carbons (Fsp3) is 0.318. The number of aryl methyl sites for hydroxylation is 2. The molecule has 0 saturated carbocycles. The Bertz CT molecular complexity index is 1180. The average molecular weight is 475 g/mol. The molecule has 3 rings (SSSR count). The molecule has 0 unspecified atom stereocenters. The normalized spacial score (nSPS) is 10.9. The van der Waals surface area contributed by atoms with Crippen LogP contribution < -0.4 is 10.9 Å². The Hall–Kier alpha value is -2.88. The lowest BCUT2D eigenvalue weighted by molar-refractivity contribution is -0.121. The summed E-state index contributed by atoms with van der Waals surface area (Å²) in [5, 5.41) is 12.8. The van der Waals surface area contributed by atoms with Gasteiger partial charge in [-0.25, -0.2) is 9.97 Å². The molecule has 32 heavy (non-hydrogen) atoms. The molecule has 0 spiro atoms. The average Bonchev–Trinajstić information content (AvgIpc) is 3.21. The van der Waals surface area contributed by atoms with Gasteiger partial charge in [0.15, 0.2) is 16.7 Å². The first-order valence-electron chi connectivity index (χ1n) is 9.99. The zero-order valence-electron chi connectivity index (χ0n) is 17.7. The number of nitrogens with zero attached hydrogens (tertiary/aromatic N) is 3. The Labute approximate surface area is 193 Å². The number of benzene rings is 1. The summed E-state index contributed by atoms with van der Waals surface area (Å²) in [6, 6.07) is 6.86. The maximum atomic E-state index is 12.7. The minimum Gasteiger partial charge on any atom is -0.389 e. The molecule has 2 N–H and O–H groups in total. The maximum absolute atomic E-state index is 12.7. The van der Waals surface area contributed by atoms with Crippen LogP contribution >= 0.6 is 22.9 Å². The smallest absolute Gasteiger partial charge is 0.255 e. The van der Waals surface area contributed by atoms with Crippen molar-refractivity contribution in [3.05, 3.63) is 67.7 Å². The zero-order valence-corrected chi connectivity index (χ0v) is 19.3. The fourth-order valence-electron chi connectivity index (χ4n) is 3.18. The van der Waals surface area contributed by atoms with Crippen LogP contribution in [0.15, 0.2) is 35.3 Å². The fourth-order valence-corrected chi connectivity index (χ4v) is 4.23. The van der Waals surface area contributed by atoms with Gasteiger partial charge in [-0.1, -0.05) is 35.1 Å². The molecule has 168 valence electrons. The van der Waals surface area contributed by atoms with Gasteiger partial charge in [0.1, 0.15) is 18.2 Å². The number of aromatic nitrogens is 3. The number of rotatable bonds is 10. The van der Waals surface area contributed by atoms with E-state index in [2.05, 4.69) is 15.3 Å². The molecular weight excluding hydrogens is 452 g/mol. The first kappa shape index (κ1) is 23.8. The highest BCUT2D eigenvalue weighted by Gasteiger charge is 2.15. The summed E-state index contributed by atoms with van der Waals surface area (Å²) in [7, 11) is 0. The molecule has 0 fully saturated rings. The van der Waals surface area contributed by atoms with Crippen molar-refractivity contribution in [3.8, 4) is 0 Å². The van der Waals surface area contributed by atoms with Crippen molar-refractivity contribution in [1.29, 1.82) is 0 Å². The van der Waals surface area contributed by atoms with Gasteiger partial charge in [0.2, 0.25) is 0 Å². The van der Waals surface area contributed by atoms with Gasteiger partial charge in [0, 0.05) is 30.5 Å². The molecule has 0 amide bonds. The summed E-state index contributed by atoms with van der Waals surface area (Å²) >= 11 is 7.40. The first-order chi connectivity index (χ1) is 15.3. The summed E-state index contributed by atoms with van der Waals surface area (Å²) in [5.41, 5.74) is 1.48.